The highest BCUT2D eigenvalue weighted by atomic mass is 32.1. The number of nitrogens with one attached hydrogen (secondary N) is 1. The minimum Gasteiger partial charge on any atom is -0.311 e. The van der Waals surface area contributed by atoms with Crippen molar-refractivity contribution < 1.29 is 4.92 Å². The molecule has 5 nitrogen and oxygen atoms in total. The Balaban J connectivity index is 1.74. The fourth-order valence-corrected chi connectivity index (χ4v) is 2.65. The predicted octanol–water partition coefficient (Wildman–Crippen LogP) is 2.95. The summed E-state index contributed by atoms with van der Waals surface area (Å²) in [5.41, 5.74) is 1.24. The van der Waals surface area contributed by atoms with Crippen molar-refractivity contribution in [3.8, 4) is 0 Å². The molecule has 6 heteroatoms. The van der Waals surface area contributed by atoms with Crippen molar-refractivity contribution in [2.24, 2.45) is 0 Å². The second-order valence-corrected chi connectivity index (χ2v) is 5.62. The van der Waals surface area contributed by atoms with E-state index in [4.69, 9.17) is 0 Å². The van der Waals surface area contributed by atoms with Crippen molar-refractivity contribution in [3.05, 3.63) is 56.0 Å². The smallest absolute Gasteiger partial charge is 0.269 e. The lowest BCUT2D eigenvalue weighted by Gasteiger charge is -2.03. The van der Waals surface area contributed by atoms with Crippen LogP contribution in [0.15, 0.2) is 30.5 Å². The Hall–Kier alpha value is -1.79. The van der Waals surface area contributed by atoms with Gasteiger partial charge in [0, 0.05) is 29.8 Å². The molecule has 0 saturated heterocycles. The van der Waals surface area contributed by atoms with Gasteiger partial charge in [0.2, 0.25) is 0 Å². The first kappa shape index (κ1) is 14.6. The number of non-ortho nitro benzene ring substituents is 1. The number of thiazole rings is 1. The van der Waals surface area contributed by atoms with Crippen molar-refractivity contribution in [1.82, 2.24) is 10.3 Å². The molecule has 0 atom stereocenters. The number of aryl methyl sites for hydroxylation is 1. The van der Waals surface area contributed by atoms with E-state index >= 15 is 0 Å². The summed E-state index contributed by atoms with van der Waals surface area (Å²) in [6, 6.07) is 6.71. The van der Waals surface area contributed by atoms with E-state index in [0.717, 1.165) is 36.5 Å². The highest BCUT2D eigenvalue weighted by molar-refractivity contribution is 7.11. The molecule has 1 heterocycles. The van der Waals surface area contributed by atoms with Crippen LogP contribution >= 0.6 is 11.3 Å². The number of hydrogen-bond acceptors (Lipinski definition) is 5. The van der Waals surface area contributed by atoms with Crippen LogP contribution in [0.1, 0.15) is 22.4 Å². The van der Waals surface area contributed by atoms with E-state index in [1.165, 1.54) is 4.88 Å². The van der Waals surface area contributed by atoms with Gasteiger partial charge < -0.3 is 5.32 Å². The Morgan fingerprint density at radius 2 is 2.10 bits per heavy atom. The summed E-state index contributed by atoms with van der Waals surface area (Å²) in [5, 5.41) is 15.1. The highest BCUT2D eigenvalue weighted by Gasteiger charge is 2.04. The van der Waals surface area contributed by atoms with Gasteiger partial charge in [-0.25, -0.2) is 4.98 Å². The molecule has 0 saturated carbocycles. The van der Waals surface area contributed by atoms with Crippen molar-refractivity contribution in [3.63, 3.8) is 0 Å². The van der Waals surface area contributed by atoms with Crippen LogP contribution in [0.2, 0.25) is 0 Å². The summed E-state index contributed by atoms with van der Waals surface area (Å²) in [7, 11) is 0. The molecule has 1 N–H and O–H groups in total. The Morgan fingerprint density at radius 3 is 2.70 bits per heavy atom. The molecule has 0 aliphatic carbocycles. The van der Waals surface area contributed by atoms with Gasteiger partial charge in [0.05, 0.1) is 9.93 Å². The number of nitro groups is 1. The van der Waals surface area contributed by atoms with Gasteiger partial charge in [-0.05, 0) is 24.9 Å². The molecule has 0 fully saturated rings. The average Bonchev–Trinajstić information content (AvgIpc) is 2.92. The van der Waals surface area contributed by atoms with Gasteiger partial charge in [0.15, 0.2) is 0 Å². The maximum absolute atomic E-state index is 10.5. The van der Waals surface area contributed by atoms with Gasteiger partial charge in [-0.2, -0.15) is 0 Å². The summed E-state index contributed by atoms with van der Waals surface area (Å²) in [5.74, 6) is 0. The van der Waals surface area contributed by atoms with Crippen molar-refractivity contribution in [2.75, 3.05) is 6.54 Å². The molecule has 1 aromatic carbocycles. The molecule has 1 aromatic heterocycles. The molecule has 20 heavy (non-hydrogen) atoms. The number of nitro benzene ring substituents is 1. The molecule has 0 aliphatic rings. The first-order valence-electron chi connectivity index (χ1n) is 6.56. The lowest BCUT2D eigenvalue weighted by molar-refractivity contribution is -0.384. The minimum absolute atomic E-state index is 0.137. The molecule has 0 amide bonds. The zero-order valence-electron chi connectivity index (χ0n) is 11.3. The van der Waals surface area contributed by atoms with E-state index in [9.17, 15) is 10.1 Å². The lowest BCUT2D eigenvalue weighted by atomic mass is 10.1. The topological polar surface area (TPSA) is 68.1 Å². The monoisotopic (exact) mass is 291 g/mol. The van der Waals surface area contributed by atoms with Gasteiger partial charge in [-0.3, -0.25) is 10.1 Å². The van der Waals surface area contributed by atoms with Gasteiger partial charge in [0.25, 0.3) is 5.69 Å². The number of hydrogen-bond donors (Lipinski definition) is 1. The Kier molecular flexibility index (Phi) is 5.20. The van der Waals surface area contributed by atoms with Crippen LogP contribution in [0.3, 0.4) is 0 Å². The zero-order valence-corrected chi connectivity index (χ0v) is 12.2. The number of benzene rings is 1. The van der Waals surface area contributed by atoms with Crippen LogP contribution in [-0.4, -0.2) is 16.5 Å². The fraction of sp³-hybridized carbons (Fsp3) is 0.357. The molecule has 0 unspecified atom stereocenters. The Bertz CT molecular complexity index is 566. The molecule has 0 bridgehead atoms. The first-order chi connectivity index (χ1) is 9.69. The molecular formula is C14H17N3O2S. The molecule has 0 spiro atoms. The van der Waals surface area contributed by atoms with Crippen molar-refractivity contribution in [1.29, 1.82) is 0 Å². The summed E-state index contributed by atoms with van der Waals surface area (Å²) < 4.78 is 0. The number of nitrogens with zero attached hydrogens (tertiary/aromatic N) is 2. The van der Waals surface area contributed by atoms with E-state index in [1.54, 1.807) is 23.5 Å². The largest absolute Gasteiger partial charge is 0.311 e. The van der Waals surface area contributed by atoms with Gasteiger partial charge >= 0.3 is 0 Å². The maximum atomic E-state index is 10.5. The second-order valence-electron chi connectivity index (χ2n) is 4.42. The van der Waals surface area contributed by atoms with Crippen LogP contribution in [0.25, 0.3) is 0 Å². The minimum atomic E-state index is -0.378. The molecular weight excluding hydrogens is 274 g/mol. The van der Waals surface area contributed by atoms with Crippen LogP contribution in [0.5, 0.6) is 0 Å². The van der Waals surface area contributed by atoms with Crippen LogP contribution < -0.4 is 5.32 Å². The first-order valence-corrected chi connectivity index (χ1v) is 7.38. The molecule has 0 aliphatic heterocycles. The molecule has 0 radical (unpaired) electrons. The maximum Gasteiger partial charge on any atom is 0.269 e. The summed E-state index contributed by atoms with van der Waals surface area (Å²) in [6.45, 7) is 3.77. The van der Waals surface area contributed by atoms with Crippen LogP contribution in [-0.2, 0) is 19.4 Å². The summed E-state index contributed by atoms with van der Waals surface area (Å²) in [4.78, 5) is 15.7. The highest BCUT2D eigenvalue weighted by Crippen LogP contribution is 2.13. The molecule has 2 aromatic rings. The Labute approximate surface area is 121 Å². The lowest BCUT2D eigenvalue weighted by Crippen LogP contribution is -2.15. The zero-order chi connectivity index (χ0) is 14.4. The third-order valence-corrected chi connectivity index (χ3v) is 4.08. The third-order valence-electron chi connectivity index (χ3n) is 2.94. The normalized spacial score (nSPS) is 10.7. The van der Waals surface area contributed by atoms with E-state index in [2.05, 4.69) is 17.2 Å². The number of rotatable bonds is 7. The predicted molar refractivity (Wildman–Crippen MR) is 80.0 cm³/mol. The van der Waals surface area contributed by atoms with Crippen molar-refractivity contribution >= 4 is 17.0 Å². The number of aromatic nitrogens is 1. The van der Waals surface area contributed by atoms with Gasteiger partial charge in [-0.15, -0.1) is 11.3 Å². The summed E-state index contributed by atoms with van der Waals surface area (Å²) >= 11 is 1.74. The van der Waals surface area contributed by atoms with E-state index in [1.807, 2.05) is 18.3 Å². The second kappa shape index (κ2) is 7.12. The quantitative estimate of drug-likeness (QED) is 0.484. The van der Waals surface area contributed by atoms with Gasteiger partial charge in [0.1, 0.15) is 0 Å². The van der Waals surface area contributed by atoms with E-state index < -0.39 is 0 Å². The van der Waals surface area contributed by atoms with E-state index in [0.29, 0.717) is 0 Å². The van der Waals surface area contributed by atoms with E-state index in [-0.39, 0.29) is 10.6 Å². The average molecular weight is 291 g/mol. The SMILES string of the molecule is CCc1ncc(CNCCc2ccc([N+](=O)[O-])cc2)s1. The van der Waals surface area contributed by atoms with Crippen LogP contribution in [0.4, 0.5) is 5.69 Å². The Morgan fingerprint density at radius 1 is 1.35 bits per heavy atom. The standard InChI is InChI=1S/C14H17N3O2S/c1-2-14-16-10-13(20-14)9-15-8-7-11-3-5-12(6-4-11)17(18)19/h3-6,10,15H,2,7-9H2,1H3. The van der Waals surface area contributed by atoms with Gasteiger partial charge in [-0.1, -0.05) is 19.1 Å². The summed E-state index contributed by atoms with van der Waals surface area (Å²) in [6.07, 6.45) is 3.76. The molecule has 2 rings (SSSR count). The van der Waals surface area contributed by atoms with Crippen LogP contribution in [0, 0.1) is 10.1 Å². The fourth-order valence-electron chi connectivity index (χ4n) is 1.82. The third kappa shape index (κ3) is 4.11. The molecule has 106 valence electrons. The van der Waals surface area contributed by atoms with Crippen molar-refractivity contribution in [2.45, 2.75) is 26.3 Å².